The van der Waals surface area contributed by atoms with Gasteiger partial charge < -0.3 is 9.72 Å². The number of nitrogens with zero attached hydrogens (tertiary/aromatic N) is 2. The molecule has 6 heteroatoms. The molecular formula is C9H9N3O3. The Kier molecular flexibility index (Phi) is 2.03. The second-order valence-electron chi connectivity index (χ2n) is 3.07. The fourth-order valence-corrected chi connectivity index (χ4v) is 1.48. The third-order valence-electron chi connectivity index (χ3n) is 2.24. The number of hydrogen-bond donors (Lipinski definition) is 1. The first-order valence-corrected chi connectivity index (χ1v) is 4.29. The largest absolute Gasteiger partial charge is 0.465 e. The normalized spacial score (nSPS) is 10.5. The summed E-state index contributed by atoms with van der Waals surface area (Å²) in [5, 5.41) is 3.89. The highest BCUT2D eigenvalue weighted by atomic mass is 16.5. The first-order valence-electron chi connectivity index (χ1n) is 4.29. The zero-order chi connectivity index (χ0) is 11.0. The predicted molar refractivity (Wildman–Crippen MR) is 51.9 cm³/mol. The maximum absolute atomic E-state index is 11.5. The van der Waals surface area contributed by atoms with E-state index in [1.807, 2.05) is 0 Å². The number of H-pyrrole nitrogens is 1. The molecule has 0 bridgehead atoms. The number of aromatic amines is 1. The highest BCUT2D eigenvalue weighted by molar-refractivity contribution is 5.93. The highest BCUT2D eigenvalue weighted by Gasteiger charge is 2.16. The van der Waals surface area contributed by atoms with Crippen LogP contribution in [0.4, 0.5) is 0 Å². The van der Waals surface area contributed by atoms with E-state index >= 15 is 0 Å². The molecule has 0 aliphatic heterocycles. The number of fused-ring (bicyclic) bond motifs is 1. The number of hydrogen-bond acceptors (Lipinski definition) is 4. The zero-order valence-corrected chi connectivity index (χ0v) is 8.27. The van der Waals surface area contributed by atoms with Crippen molar-refractivity contribution in [2.75, 3.05) is 7.11 Å². The second kappa shape index (κ2) is 3.23. The van der Waals surface area contributed by atoms with E-state index in [4.69, 9.17) is 0 Å². The number of esters is 1. The number of rotatable bonds is 1. The summed E-state index contributed by atoms with van der Waals surface area (Å²) >= 11 is 0. The van der Waals surface area contributed by atoms with Crippen molar-refractivity contribution in [3.05, 3.63) is 34.0 Å². The molecule has 0 amide bonds. The standard InChI is InChI=1S/C9H9N3O3/c1-5-6(9(14)15-2)3-12-7(5)8(13)10-4-11-12/h3-4H,1-2H3,(H,10,11,13). The molecule has 0 unspecified atom stereocenters. The summed E-state index contributed by atoms with van der Waals surface area (Å²) in [7, 11) is 1.29. The fourth-order valence-electron chi connectivity index (χ4n) is 1.48. The molecule has 0 aliphatic carbocycles. The van der Waals surface area contributed by atoms with E-state index < -0.39 is 5.97 Å². The van der Waals surface area contributed by atoms with Gasteiger partial charge in [-0.1, -0.05) is 0 Å². The maximum Gasteiger partial charge on any atom is 0.339 e. The van der Waals surface area contributed by atoms with Crippen molar-refractivity contribution >= 4 is 11.5 Å². The lowest BCUT2D eigenvalue weighted by Gasteiger charge is -1.94. The number of methoxy groups -OCH3 is 1. The molecule has 2 heterocycles. The second-order valence-corrected chi connectivity index (χ2v) is 3.07. The van der Waals surface area contributed by atoms with Crippen molar-refractivity contribution in [1.29, 1.82) is 0 Å². The van der Waals surface area contributed by atoms with Crippen LogP contribution in [0.25, 0.3) is 5.52 Å². The number of aryl methyl sites for hydroxylation is 1. The van der Waals surface area contributed by atoms with Gasteiger partial charge in [0.15, 0.2) is 0 Å². The molecule has 2 aromatic heterocycles. The van der Waals surface area contributed by atoms with Crippen molar-refractivity contribution in [2.45, 2.75) is 6.92 Å². The van der Waals surface area contributed by atoms with E-state index in [0.29, 0.717) is 16.6 Å². The number of nitrogens with one attached hydrogen (secondary N) is 1. The summed E-state index contributed by atoms with van der Waals surface area (Å²) in [5.41, 5.74) is 0.994. The van der Waals surface area contributed by atoms with Crippen LogP contribution in [-0.4, -0.2) is 27.7 Å². The molecule has 0 fully saturated rings. The van der Waals surface area contributed by atoms with Crippen LogP contribution in [0.1, 0.15) is 15.9 Å². The minimum Gasteiger partial charge on any atom is -0.465 e. The van der Waals surface area contributed by atoms with Crippen LogP contribution in [0.2, 0.25) is 0 Å². The van der Waals surface area contributed by atoms with Crippen LogP contribution in [0.15, 0.2) is 17.3 Å². The minimum absolute atomic E-state index is 0.280. The summed E-state index contributed by atoms with van der Waals surface area (Å²) < 4.78 is 5.96. The van der Waals surface area contributed by atoms with Crippen molar-refractivity contribution < 1.29 is 9.53 Å². The number of aromatic nitrogens is 3. The smallest absolute Gasteiger partial charge is 0.339 e. The lowest BCUT2D eigenvalue weighted by Crippen LogP contribution is -2.10. The Morgan fingerprint density at radius 1 is 1.60 bits per heavy atom. The summed E-state index contributed by atoms with van der Waals surface area (Å²) in [6.07, 6.45) is 2.75. The molecule has 0 aromatic carbocycles. The van der Waals surface area contributed by atoms with Gasteiger partial charge in [-0.2, -0.15) is 5.10 Å². The Bertz CT molecular complexity index is 582. The molecule has 6 nitrogen and oxygen atoms in total. The van der Waals surface area contributed by atoms with Gasteiger partial charge in [-0.25, -0.2) is 9.31 Å². The van der Waals surface area contributed by atoms with Gasteiger partial charge in [-0.3, -0.25) is 4.79 Å². The molecule has 2 rings (SSSR count). The van der Waals surface area contributed by atoms with E-state index in [0.717, 1.165) is 0 Å². The molecule has 0 saturated carbocycles. The average molecular weight is 207 g/mol. The molecule has 0 aliphatic rings. The van der Waals surface area contributed by atoms with Gasteiger partial charge in [0.25, 0.3) is 5.56 Å². The quantitative estimate of drug-likeness (QED) is 0.674. The van der Waals surface area contributed by atoms with Gasteiger partial charge in [0.1, 0.15) is 11.8 Å². The van der Waals surface area contributed by atoms with Gasteiger partial charge in [-0.05, 0) is 12.5 Å². The summed E-state index contributed by atoms with van der Waals surface area (Å²) in [6.45, 7) is 1.68. The molecule has 78 valence electrons. The molecule has 1 N–H and O–H groups in total. The van der Waals surface area contributed by atoms with Crippen molar-refractivity contribution in [3.8, 4) is 0 Å². The first-order chi connectivity index (χ1) is 7.15. The predicted octanol–water partition coefficient (Wildman–Crippen LogP) is 0.118. The van der Waals surface area contributed by atoms with Crippen LogP contribution >= 0.6 is 0 Å². The average Bonchev–Trinajstić information content (AvgIpc) is 2.56. The monoisotopic (exact) mass is 207 g/mol. The Morgan fingerprint density at radius 3 is 2.93 bits per heavy atom. The summed E-state index contributed by atoms with van der Waals surface area (Å²) in [5.74, 6) is -0.475. The highest BCUT2D eigenvalue weighted by Crippen LogP contribution is 2.13. The van der Waals surface area contributed by atoms with Crippen molar-refractivity contribution in [3.63, 3.8) is 0 Å². The van der Waals surface area contributed by atoms with Crippen LogP contribution in [-0.2, 0) is 4.74 Å². The SMILES string of the molecule is COC(=O)c1cn2nc[nH]c(=O)c2c1C. The Morgan fingerprint density at radius 2 is 2.33 bits per heavy atom. The fraction of sp³-hybridized carbons (Fsp3) is 0.222. The maximum atomic E-state index is 11.5. The summed E-state index contributed by atoms with van der Waals surface area (Å²) in [4.78, 5) is 25.2. The van der Waals surface area contributed by atoms with Gasteiger partial charge in [0, 0.05) is 6.20 Å². The molecule has 0 saturated heterocycles. The van der Waals surface area contributed by atoms with Crippen LogP contribution in [0.5, 0.6) is 0 Å². The Labute approximate surface area is 84.5 Å². The molecule has 0 radical (unpaired) electrons. The van der Waals surface area contributed by atoms with Gasteiger partial charge in [0.2, 0.25) is 0 Å². The van der Waals surface area contributed by atoms with E-state index in [9.17, 15) is 9.59 Å². The third-order valence-corrected chi connectivity index (χ3v) is 2.24. The van der Waals surface area contributed by atoms with Crippen LogP contribution < -0.4 is 5.56 Å². The van der Waals surface area contributed by atoms with Crippen LogP contribution in [0, 0.1) is 6.92 Å². The lowest BCUT2D eigenvalue weighted by atomic mass is 10.2. The van der Waals surface area contributed by atoms with Crippen molar-refractivity contribution in [2.24, 2.45) is 0 Å². The van der Waals surface area contributed by atoms with E-state index in [1.165, 1.54) is 24.1 Å². The minimum atomic E-state index is -0.475. The van der Waals surface area contributed by atoms with Gasteiger partial charge >= 0.3 is 5.97 Å². The van der Waals surface area contributed by atoms with Crippen molar-refractivity contribution in [1.82, 2.24) is 14.6 Å². The zero-order valence-electron chi connectivity index (χ0n) is 8.27. The van der Waals surface area contributed by atoms with Crippen LogP contribution in [0.3, 0.4) is 0 Å². The molecule has 2 aromatic rings. The van der Waals surface area contributed by atoms with E-state index in [2.05, 4.69) is 14.8 Å². The third kappa shape index (κ3) is 1.30. The number of carbonyl (C=O) groups is 1. The number of ether oxygens (including phenoxy) is 1. The first kappa shape index (κ1) is 9.45. The molecule has 15 heavy (non-hydrogen) atoms. The molecular weight excluding hydrogens is 198 g/mol. The molecule has 0 atom stereocenters. The number of carbonyl (C=O) groups excluding carboxylic acids is 1. The van der Waals surface area contributed by atoms with E-state index in [1.54, 1.807) is 6.92 Å². The Balaban J connectivity index is 2.81. The van der Waals surface area contributed by atoms with Gasteiger partial charge in [-0.15, -0.1) is 0 Å². The van der Waals surface area contributed by atoms with Gasteiger partial charge in [0.05, 0.1) is 12.7 Å². The Hall–Kier alpha value is -2.11. The molecule has 0 spiro atoms. The topological polar surface area (TPSA) is 76.5 Å². The van der Waals surface area contributed by atoms with E-state index in [-0.39, 0.29) is 5.56 Å². The summed E-state index contributed by atoms with van der Waals surface area (Å²) in [6, 6.07) is 0. The lowest BCUT2D eigenvalue weighted by molar-refractivity contribution is 0.0600.